The third kappa shape index (κ3) is 2.71. The van der Waals surface area contributed by atoms with E-state index in [0.29, 0.717) is 17.6 Å². The molecule has 6 nitrogen and oxygen atoms in total. The second-order valence-electron chi connectivity index (χ2n) is 6.00. The van der Waals surface area contributed by atoms with Crippen molar-refractivity contribution in [2.45, 2.75) is 19.3 Å². The molecule has 3 heterocycles. The number of carbonyl (C=O) groups is 1. The summed E-state index contributed by atoms with van der Waals surface area (Å²) >= 11 is 0. The van der Waals surface area contributed by atoms with Gasteiger partial charge in [-0.05, 0) is 60.7 Å². The third-order valence-electron chi connectivity index (χ3n) is 4.39. The first-order chi connectivity index (χ1) is 12.1. The van der Waals surface area contributed by atoms with Gasteiger partial charge in [0, 0.05) is 24.2 Å². The Morgan fingerprint density at radius 3 is 2.72 bits per heavy atom. The Labute approximate surface area is 143 Å². The average Bonchev–Trinajstić information content (AvgIpc) is 2.63. The van der Waals surface area contributed by atoms with E-state index >= 15 is 0 Å². The minimum atomic E-state index is -1.07. The molecule has 25 heavy (non-hydrogen) atoms. The molecule has 1 aliphatic rings. The molecule has 1 N–H and O–H groups in total. The van der Waals surface area contributed by atoms with Crippen LogP contribution in [0, 0.1) is 0 Å². The van der Waals surface area contributed by atoms with Gasteiger partial charge in [0.05, 0.1) is 11.3 Å². The van der Waals surface area contributed by atoms with Crippen molar-refractivity contribution in [3.8, 4) is 0 Å². The van der Waals surface area contributed by atoms with Crippen molar-refractivity contribution in [2.24, 2.45) is 0 Å². The molecule has 0 saturated carbocycles. The molecule has 0 bridgehead atoms. The molecular weight excluding hydrogens is 318 g/mol. The summed E-state index contributed by atoms with van der Waals surface area (Å²) < 4.78 is 1.33. The Kier molecular flexibility index (Phi) is 3.65. The highest BCUT2D eigenvalue weighted by Gasteiger charge is 2.21. The van der Waals surface area contributed by atoms with Crippen molar-refractivity contribution < 1.29 is 9.90 Å². The average molecular weight is 333 g/mol. The molecule has 0 spiro atoms. The molecule has 0 aromatic carbocycles. The molecule has 4 rings (SSSR count). The highest BCUT2D eigenvalue weighted by atomic mass is 16.4. The molecule has 124 valence electrons. The third-order valence-corrected chi connectivity index (χ3v) is 4.39. The number of aromatic nitrogens is 3. The summed E-state index contributed by atoms with van der Waals surface area (Å²) in [5.74, 6) is -1.07. The number of hydrogen-bond acceptors (Lipinski definition) is 4. The fraction of sp³-hybridized carbons (Fsp3) is 0.158. The van der Waals surface area contributed by atoms with Crippen molar-refractivity contribution in [2.75, 3.05) is 0 Å². The number of fused-ring (bicyclic) bond motifs is 2. The zero-order valence-electron chi connectivity index (χ0n) is 13.3. The SMILES string of the molecule is O=C(O)c1ccc2nc3c(c(=O)n2c1)CCCC3=Cc1ccncc1. The highest BCUT2D eigenvalue weighted by Crippen LogP contribution is 2.29. The summed E-state index contributed by atoms with van der Waals surface area (Å²) in [5.41, 5.74) is 3.73. The van der Waals surface area contributed by atoms with Crippen LogP contribution < -0.4 is 5.56 Å². The van der Waals surface area contributed by atoms with Gasteiger partial charge in [-0.25, -0.2) is 9.78 Å². The van der Waals surface area contributed by atoms with Gasteiger partial charge < -0.3 is 5.11 Å². The summed E-state index contributed by atoms with van der Waals surface area (Å²) in [6, 6.07) is 6.86. The molecule has 0 radical (unpaired) electrons. The molecule has 0 fully saturated rings. The van der Waals surface area contributed by atoms with E-state index in [1.54, 1.807) is 18.5 Å². The lowest BCUT2D eigenvalue weighted by Crippen LogP contribution is -2.25. The molecule has 0 saturated heterocycles. The van der Waals surface area contributed by atoms with E-state index in [1.807, 2.05) is 18.2 Å². The fourth-order valence-electron chi connectivity index (χ4n) is 3.17. The predicted octanol–water partition coefficient (Wildman–Crippen LogP) is 2.66. The number of aromatic carboxylic acids is 1. The maximum absolute atomic E-state index is 12.8. The van der Waals surface area contributed by atoms with Crippen LogP contribution in [-0.4, -0.2) is 25.4 Å². The molecular formula is C19H15N3O3. The molecule has 0 aliphatic heterocycles. The summed E-state index contributed by atoms with van der Waals surface area (Å²) in [4.78, 5) is 32.6. The molecule has 6 heteroatoms. The van der Waals surface area contributed by atoms with E-state index in [-0.39, 0.29) is 11.1 Å². The van der Waals surface area contributed by atoms with E-state index < -0.39 is 5.97 Å². The second-order valence-corrected chi connectivity index (χ2v) is 6.00. The molecule has 0 unspecified atom stereocenters. The summed E-state index contributed by atoms with van der Waals surface area (Å²) in [5, 5.41) is 9.13. The highest BCUT2D eigenvalue weighted by molar-refractivity contribution is 5.88. The molecule has 3 aromatic heterocycles. The van der Waals surface area contributed by atoms with E-state index in [0.717, 1.165) is 29.7 Å². The van der Waals surface area contributed by atoms with E-state index in [1.165, 1.54) is 16.7 Å². The van der Waals surface area contributed by atoms with Crippen LogP contribution in [0.1, 0.15) is 40.0 Å². The van der Waals surface area contributed by atoms with Gasteiger partial charge in [0.25, 0.3) is 5.56 Å². The van der Waals surface area contributed by atoms with Gasteiger partial charge in [0.2, 0.25) is 0 Å². The number of rotatable bonds is 2. The zero-order valence-corrected chi connectivity index (χ0v) is 13.3. The largest absolute Gasteiger partial charge is 0.478 e. The van der Waals surface area contributed by atoms with Gasteiger partial charge in [-0.3, -0.25) is 14.2 Å². The molecule has 3 aromatic rings. The Balaban J connectivity index is 1.92. The van der Waals surface area contributed by atoms with Crippen LogP contribution in [0.2, 0.25) is 0 Å². The number of hydrogen-bond donors (Lipinski definition) is 1. The van der Waals surface area contributed by atoms with Crippen LogP contribution in [0.5, 0.6) is 0 Å². The lowest BCUT2D eigenvalue weighted by atomic mass is 9.91. The van der Waals surface area contributed by atoms with Crippen molar-refractivity contribution >= 4 is 23.3 Å². The normalized spacial score (nSPS) is 15.3. The standard InChI is InChI=1S/C19H15N3O3/c23-18-15-3-1-2-13(10-12-6-8-20-9-7-12)17(15)21-16-5-4-14(19(24)25)11-22(16)18/h4-11H,1-3H2,(H,24,25). The molecule has 0 atom stereocenters. The first kappa shape index (κ1) is 15.3. The quantitative estimate of drug-likeness (QED) is 0.779. The van der Waals surface area contributed by atoms with Gasteiger partial charge in [0.15, 0.2) is 0 Å². The van der Waals surface area contributed by atoms with Gasteiger partial charge in [-0.2, -0.15) is 0 Å². The van der Waals surface area contributed by atoms with Crippen molar-refractivity contribution in [1.29, 1.82) is 0 Å². The second kappa shape index (κ2) is 5.98. The van der Waals surface area contributed by atoms with E-state index in [9.17, 15) is 9.59 Å². The maximum atomic E-state index is 12.8. The maximum Gasteiger partial charge on any atom is 0.337 e. The monoisotopic (exact) mass is 333 g/mol. The van der Waals surface area contributed by atoms with E-state index in [2.05, 4.69) is 9.97 Å². The number of carboxylic acid groups (broad SMARTS) is 1. The number of allylic oxidation sites excluding steroid dienone is 1. The van der Waals surface area contributed by atoms with Crippen LogP contribution >= 0.6 is 0 Å². The van der Waals surface area contributed by atoms with Gasteiger partial charge in [-0.15, -0.1) is 0 Å². The Morgan fingerprint density at radius 1 is 1.16 bits per heavy atom. The predicted molar refractivity (Wildman–Crippen MR) is 93.5 cm³/mol. The number of pyridine rings is 2. The fourth-order valence-corrected chi connectivity index (χ4v) is 3.17. The number of carboxylic acids is 1. The van der Waals surface area contributed by atoms with Crippen LogP contribution in [0.3, 0.4) is 0 Å². The summed E-state index contributed by atoms with van der Waals surface area (Å²) in [6.07, 6.45) is 9.20. The van der Waals surface area contributed by atoms with Gasteiger partial charge in [-0.1, -0.05) is 0 Å². The zero-order chi connectivity index (χ0) is 17.4. The van der Waals surface area contributed by atoms with Gasteiger partial charge >= 0.3 is 5.97 Å². The topological polar surface area (TPSA) is 84.6 Å². The number of nitrogens with zero attached hydrogens (tertiary/aromatic N) is 3. The minimum absolute atomic E-state index is 0.0692. The van der Waals surface area contributed by atoms with Crippen molar-refractivity contribution in [1.82, 2.24) is 14.4 Å². The van der Waals surface area contributed by atoms with Crippen LogP contribution in [-0.2, 0) is 6.42 Å². The Hall–Kier alpha value is -3.28. The van der Waals surface area contributed by atoms with Crippen LogP contribution in [0.25, 0.3) is 17.3 Å². The summed E-state index contributed by atoms with van der Waals surface area (Å²) in [7, 11) is 0. The van der Waals surface area contributed by atoms with Gasteiger partial charge in [0.1, 0.15) is 5.65 Å². The smallest absolute Gasteiger partial charge is 0.337 e. The first-order valence-corrected chi connectivity index (χ1v) is 8.03. The van der Waals surface area contributed by atoms with Crippen molar-refractivity contribution in [3.63, 3.8) is 0 Å². The van der Waals surface area contributed by atoms with Crippen molar-refractivity contribution in [3.05, 3.63) is 75.6 Å². The molecule has 0 amide bonds. The lowest BCUT2D eigenvalue weighted by molar-refractivity contribution is 0.0696. The lowest BCUT2D eigenvalue weighted by Gasteiger charge is -2.18. The van der Waals surface area contributed by atoms with E-state index in [4.69, 9.17) is 5.11 Å². The Bertz CT molecular complexity index is 1070. The van der Waals surface area contributed by atoms with Crippen LogP contribution in [0.4, 0.5) is 0 Å². The van der Waals surface area contributed by atoms with Crippen LogP contribution in [0.15, 0.2) is 47.7 Å². The summed E-state index contributed by atoms with van der Waals surface area (Å²) in [6.45, 7) is 0. The first-order valence-electron chi connectivity index (χ1n) is 8.03. The Morgan fingerprint density at radius 2 is 1.96 bits per heavy atom. The molecule has 1 aliphatic carbocycles. The minimum Gasteiger partial charge on any atom is -0.478 e.